The van der Waals surface area contributed by atoms with Crippen LogP contribution in [-0.4, -0.2) is 18.0 Å². The zero-order valence-corrected chi connectivity index (χ0v) is 12.0. The number of carbonyl (C=O) groups excluding carboxylic acids is 1. The number of hydrogen-bond donors (Lipinski definition) is 2. The van der Waals surface area contributed by atoms with Gasteiger partial charge in [0.1, 0.15) is 6.04 Å². The lowest BCUT2D eigenvalue weighted by atomic mass is 9.96. The summed E-state index contributed by atoms with van der Waals surface area (Å²) in [6.45, 7) is 0. The second-order valence-electron chi connectivity index (χ2n) is 6.11. The summed E-state index contributed by atoms with van der Waals surface area (Å²) in [5.74, 6) is 0.173. The van der Waals surface area contributed by atoms with Gasteiger partial charge in [-0.3, -0.25) is 4.79 Å². The summed E-state index contributed by atoms with van der Waals surface area (Å²) in [6.07, 6.45) is 9.61. The first-order valence-electron chi connectivity index (χ1n) is 7.98. The van der Waals surface area contributed by atoms with Crippen molar-refractivity contribution in [2.24, 2.45) is 0 Å². The fourth-order valence-corrected chi connectivity index (χ4v) is 3.36. The Kier molecular flexibility index (Phi) is 4.24. The largest absolute Gasteiger partial charge is 0.373 e. The predicted octanol–water partition coefficient (Wildman–Crippen LogP) is 3.25. The van der Waals surface area contributed by atoms with Gasteiger partial charge in [0.25, 0.3) is 0 Å². The molecule has 1 unspecified atom stereocenters. The number of para-hydroxylation sites is 1. The van der Waals surface area contributed by atoms with Crippen molar-refractivity contribution in [1.82, 2.24) is 5.32 Å². The van der Waals surface area contributed by atoms with Crippen molar-refractivity contribution in [2.75, 3.05) is 5.32 Å². The van der Waals surface area contributed by atoms with Gasteiger partial charge in [0, 0.05) is 18.2 Å². The predicted molar refractivity (Wildman–Crippen MR) is 81.8 cm³/mol. The van der Waals surface area contributed by atoms with Crippen LogP contribution in [0.5, 0.6) is 0 Å². The monoisotopic (exact) mass is 272 g/mol. The first-order valence-corrected chi connectivity index (χ1v) is 7.98. The van der Waals surface area contributed by atoms with Gasteiger partial charge < -0.3 is 10.6 Å². The number of fused-ring (bicyclic) bond motifs is 1. The van der Waals surface area contributed by atoms with Gasteiger partial charge in [-0.1, -0.05) is 50.3 Å². The molecule has 0 radical (unpaired) electrons. The molecular formula is C17H24N2O. The Morgan fingerprint density at radius 3 is 2.50 bits per heavy atom. The van der Waals surface area contributed by atoms with E-state index in [4.69, 9.17) is 0 Å². The molecule has 1 aromatic carbocycles. The van der Waals surface area contributed by atoms with Crippen molar-refractivity contribution in [3.63, 3.8) is 0 Å². The van der Waals surface area contributed by atoms with Crippen LogP contribution in [0, 0.1) is 0 Å². The molecule has 2 N–H and O–H groups in total. The van der Waals surface area contributed by atoms with Gasteiger partial charge in [-0.25, -0.2) is 0 Å². The van der Waals surface area contributed by atoms with Crippen molar-refractivity contribution < 1.29 is 4.79 Å². The number of carbonyl (C=O) groups is 1. The standard InChI is InChI=1S/C17H24N2O/c20-17(18-14-9-4-2-1-3-5-10-14)16-12-13-8-6-7-11-15(13)19-16/h6-8,11,14,16,19H,1-5,9-10,12H2,(H,18,20). The van der Waals surface area contributed by atoms with Crippen molar-refractivity contribution in [2.45, 2.75) is 63.5 Å². The maximum Gasteiger partial charge on any atom is 0.243 e. The number of anilines is 1. The minimum Gasteiger partial charge on any atom is -0.373 e. The highest BCUT2D eigenvalue weighted by Crippen LogP contribution is 2.25. The molecule has 1 aliphatic carbocycles. The highest BCUT2D eigenvalue weighted by atomic mass is 16.2. The smallest absolute Gasteiger partial charge is 0.243 e. The molecule has 3 rings (SSSR count). The van der Waals surface area contributed by atoms with Crippen molar-refractivity contribution in [3.8, 4) is 0 Å². The molecule has 0 aromatic heterocycles. The third-order valence-electron chi connectivity index (χ3n) is 4.54. The zero-order chi connectivity index (χ0) is 13.8. The average molecular weight is 272 g/mol. The van der Waals surface area contributed by atoms with Crippen LogP contribution in [0.4, 0.5) is 5.69 Å². The molecule has 0 saturated heterocycles. The molecule has 1 heterocycles. The lowest BCUT2D eigenvalue weighted by Gasteiger charge is -2.23. The molecule has 20 heavy (non-hydrogen) atoms. The fourth-order valence-electron chi connectivity index (χ4n) is 3.36. The van der Waals surface area contributed by atoms with Gasteiger partial charge in [0.15, 0.2) is 0 Å². The van der Waals surface area contributed by atoms with E-state index in [0.717, 1.165) is 24.9 Å². The molecule has 1 fully saturated rings. The van der Waals surface area contributed by atoms with E-state index in [1.54, 1.807) is 0 Å². The molecule has 1 atom stereocenters. The molecule has 1 aliphatic heterocycles. The average Bonchev–Trinajstić information content (AvgIpc) is 2.85. The normalized spacial score (nSPS) is 23.3. The summed E-state index contributed by atoms with van der Waals surface area (Å²) in [6, 6.07) is 8.51. The van der Waals surface area contributed by atoms with E-state index < -0.39 is 0 Å². The molecule has 3 nitrogen and oxygen atoms in total. The Balaban J connectivity index is 1.55. The molecule has 1 saturated carbocycles. The summed E-state index contributed by atoms with van der Waals surface area (Å²) in [5, 5.41) is 6.60. The van der Waals surface area contributed by atoms with Crippen molar-refractivity contribution in [1.29, 1.82) is 0 Å². The lowest BCUT2D eigenvalue weighted by Crippen LogP contribution is -2.44. The van der Waals surface area contributed by atoms with E-state index in [-0.39, 0.29) is 11.9 Å². The van der Waals surface area contributed by atoms with Crippen molar-refractivity contribution in [3.05, 3.63) is 29.8 Å². The van der Waals surface area contributed by atoms with Gasteiger partial charge >= 0.3 is 0 Å². The molecule has 108 valence electrons. The Labute approximate surface area is 121 Å². The number of nitrogens with one attached hydrogen (secondary N) is 2. The maximum absolute atomic E-state index is 12.4. The van der Waals surface area contributed by atoms with Crippen LogP contribution < -0.4 is 10.6 Å². The van der Waals surface area contributed by atoms with Crippen molar-refractivity contribution >= 4 is 11.6 Å². The van der Waals surface area contributed by atoms with Gasteiger partial charge in [-0.2, -0.15) is 0 Å². The number of hydrogen-bond acceptors (Lipinski definition) is 2. The Morgan fingerprint density at radius 2 is 1.75 bits per heavy atom. The second-order valence-corrected chi connectivity index (χ2v) is 6.11. The van der Waals surface area contributed by atoms with E-state index in [1.165, 1.54) is 37.7 Å². The topological polar surface area (TPSA) is 41.1 Å². The van der Waals surface area contributed by atoms with Crippen LogP contribution in [0.1, 0.15) is 50.5 Å². The molecule has 1 aromatic rings. The lowest BCUT2D eigenvalue weighted by molar-refractivity contribution is -0.122. The summed E-state index contributed by atoms with van der Waals surface area (Å²) in [5.41, 5.74) is 2.37. The van der Waals surface area contributed by atoms with Crippen LogP contribution in [0.25, 0.3) is 0 Å². The van der Waals surface area contributed by atoms with E-state index in [0.29, 0.717) is 6.04 Å². The molecule has 2 aliphatic rings. The van der Waals surface area contributed by atoms with Crippen LogP contribution >= 0.6 is 0 Å². The van der Waals surface area contributed by atoms with Gasteiger partial charge in [0.2, 0.25) is 5.91 Å². The fraction of sp³-hybridized carbons (Fsp3) is 0.588. The third-order valence-corrected chi connectivity index (χ3v) is 4.54. The SMILES string of the molecule is O=C(NC1CCCCCCC1)C1Cc2ccccc2N1. The van der Waals surface area contributed by atoms with E-state index in [1.807, 2.05) is 12.1 Å². The highest BCUT2D eigenvalue weighted by molar-refractivity contribution is 5.87. The van der Waals surface area contributed by atoms with E-state index in [2.05, 4.69) is 22.8 Å². The molecule has 3 heteroatoms. The molecule has 0 spiro atoms. The third kappa shape index (κ3) is 3.14. The van der Waals surface area contributed by atoms with Gasteiger partial charge in [-0.15, -0.1) is 0 Å². The number of amides is 1. The van der Waals surface area contributed by atoms with Gasteiger partial charge in [0.05, 0.1) is 0 Å². The Hall–Kier alpha value is -1.51. The Bertz CT molecular complexity index is 439. The Morgan fingerprint density at radius 1 is 1.05 bits per heavy atom. The van der Waals surface area contributed by atoms with Crippen LogP contribution in [0.2, 0.25) is 0 Å². The molecule has 1 amide bonds. The zero-order valence-electron chi connectivity index (χ0n) is 12.0. The van der Waals surface area contributed by atoms with Gasteiger partial charge in [-0.05, 0) is 24.5 Å². The molecular weight excluding hydrogens is 248 g/mol. The van der Waals surface area contributed by atoms with E-state index in [9.17, 15) is 4.79 Å². The second kappa shape index (κ2) is 6.29. The van der Waals surface area contributed by atoms with Crippen LogP contribution in [0.15, 0.2) is 24.3 Å². The minimum absolute atomic E-state index is 0.0853. The molecule has 0 bridgehead atoms. The number of benzene rings is 1. The quantitative estimate of drug-likeness (QED) is 0.867. The first kappa shape index (κ1) is 13.5. The summed E-state index contributed by atoms with van der Waals surface area (Å²) in [7, 11) is 0. The van der Waals surface area contributed by atoms with Crippen LogP contribution in [-0.2, 0) is 11.2 Å². The number of rotatable bonds is 2. The summed E-state index contributed by atoms with van der Waals surface area (Å²) < 4.78 is 0. The first-order chi connectivity index (χ1) is 9.83. The maximum atomic E-state index is 12.4. The highest BCUT2D eigenvalue weighted by Gasteiger charge is 2.27. The summed E-state index contributed by atoms with van der Waals surface area (Å²) >= 11 is 0. The van der Waals surface area contributed by atoms with Crippen LogP contribution in [0.3, 0.4) is 0 Å². The summed E-state index contributed by atoms with van der Waals surface area (Å²) in [4.78, 5) is 12.4. The van der Waals surface area contributed by atoms with E-state index >= 15 is 0 Å². The minimum atomic E-state index is -0.0853.